The lowest BCUT2D eigenvalue weighted by atomic mass is 9.93. The lowest BCUT2D eigenvalue weighted by Crippen LogP contribution is -2.59. The number of halogens is 1. The van der Waals surface area contributed by atoms with Crippen LogP contribution in [-0.4, -0.2) is 34.3 Å². The van der Waals surface area contributed by atoms with Crippen LogP contribution in [0.3, 0.4) is 0 Å². The minimum atomic E-state index is -0.625. The second-order valence-electron chi connectivity index (χ2n) is 8.19. The van der Waals surface area contributed by atoms with Gasteiger partial charge in [0.25, 0.3) is 0 Å². The van der Waals surface area contributed by atoms with Gasteiger partial charge in [0.05, 0.1) is 21.8 Å². The highest BCUT2D eigenvalue weighted by Crippen LogP contribution is 2.34. The first-order chi connectivity index (χ1) is 13.0. The van der Waals surface area contributed by atoms with Gasteiger partial charge in [0.2, 0.25) is 5.91 Å². The Kier molecular flexibility index (Phi) is 5.44. The van der Waals surface area contributed by atoms with E-state index in [4.69, 9.17) is 11.6 Å². The van der Waals surface area contributed by atoms with E-state index in [1.165, 1.54) is 25.7 Å². The Morgan fingerprint density at radius 1 is 1.33 bits per heavy atom. The quantitative estimate of drug-likeness (QED) is 0.672. The molecule has 2 fully saturated rings. The first-order valence-corrected chi connectivity index (χ1v) is 10.4. The number of nitrogens with one attached hydrogen (secondary N) is 2. The summed E-state index contributed by atoms with van der Waals surface area (Å²) >= 11 is 6.44. The molecular formula is C21H28ClN3O2. The fourth-order valence-electron chi connectivity index (χ4n) is 4.35. The number of β-amino-alcohol motifs (C(OH)–C–C–N with tert-alkyl or cyclic N) is 1. The number of hydrogen-bond acceptors (Lipinski definition) is 3. The zero-order valence-corrected chi connectivity index (χ0v) is 16.4. The third-order valence-corrected chi connectivity index (χ3v) is 6.42. The first-order valence-electron chi connectivity index (χ1n) is 10.0. The van der Waals surface area contributed by atoms with Crippen LogP contribution in [0.2, 0.25) is 5.02 Å². The van der Waals surface area contributed by atoms with Crippen LogP contribution in [0.15, 0.2) is 24.4 Å². The van der Waals surface area contributed by atoms with Crippen molar-refractivity contribution in [2.24, 2.45) is 5.92 Å². The number of fused-ring (bicyclic) bond motifs is 1. The Balaban J connectivity index is 1.48. The smallest absolute Gasteiger partial charge is 0.224 e. The van der Waals surface area contributed by atoms with Crippen LogP contribution >= 0.6 is 11.6 Å². The van der Waals surface area contributed by atoms with E-state index >= 15 is 0 Å². The van der Waals surface area contributed by atoms with Crippen molar-refractivity contribution in [1.82, 2.24) is 9.88 Å². The Morgan fingerprint density at radius 3 is 2.81 bits per heavy atom. The van der Waals surface area contributed by atoms with Crippen molar-refractivity contribution in [1.29, 1.82) is 0 Å². The summed E-state index contributed by atoms with van der Waals surface area (Å²) < 4.78 is 2.09. The molecule has 0 unspecified atom stereocenters. The lowest BCUT2D eigenvalue weighted by Gasteiger charge is -2.37. The van der Waals surface area contributed by atoms with E-state index in [2.05, 4.69) is 15.2 Å². The Hall–Kier alpha value is -1.56. The van der Waals surface area contributed by atoms with Crippen LogP contribution in [0, 0.1) is 5.92 Å². The molecule has 1 aromatic heterocycles. The monoisotopic (exact) mass is 389 g/mol. The molecule has 5 nitrogen and oxygen atoms in total. The van der Waals surface area contributed by atoms with E-state index < -0.39 is 5.60 Å². The first kappa shape index (κ1) is 18.8. The summed E-state index contributed by atoms with van der Waals surface area (Å²) in [5, 5.41) is 18.1. The lowest BCUT2D eigenvalue weighted by molar-refractivity contribution is -0.116. The average molecular weight is 390 g/mol. The molecule has 2 aliphatic rings. The zero-order valence-electron chi connectivity index (χ0n) is 15.6. The minimum absolute atomic E-state index is 0.0580. The molecule has 1 saturated carbocycles. The van der Waals surface area contributed by atoms with Gasteiger partial charge in [0.15, 0.2) is 0 Å². The molecule has 1 amide bonds. The van der Waals surface area contributed by atoms with Gasteiger partial charge in [-0.1, -0.05) is 43.4 Å². The fraction of sp³-hybridized carbons (Fsp3) is 0.571. The molecule has 3 N–H and O–H groups in total. The Morgan fingerprint density at radius 2 is 2.11 bits per heavy atom. The number of hydrogen-bond donors (Lipinski definition) is 3. The molecule has 1 aliphatic carbocycles. The number of amides is 1. The molecule has 146 valence electrons. The van der Waals surface area contributed by atoms with Crippen molar-refractivity contribution < 1.29 is 9.90 Å². The van der Waals surface area contributed by atoms with E-state index in [1.54, 1.807) is 0 Å². The average Bonchev–Trinajstić information content (AvgIpc) is 3.25. The van der Waals surface area contributed by atoms with E-state index in [0.717, 1.165) is 23.0 Å². The zero-order chi connectivity index (χ0) is 18.9. The number of anilines is 1. The Labute approximate surface area is 165 Å². The van der Waals surface area contributed by atoms with E-state index in [9.17, 15) is 9.90 Å². The van der Waals surface area contributed by atoms with Crippen LogP contribution in [0.4, 0.5) is 5.69 Å². The molecular weight excluding hydrogens is 362 g/mol. The Bertz CT molecular complexity index is 822. The second kappa shape index (κ2) is 7.82. The van der Waals surface area contributed by atoms with Gasteiger partial charge in [-0.3, -0.25) is 4.79 Å². The standard InChI is InChI=1S/C21H28ClN3O2/c22-16-6-3-7-18-20(16)17(12-25(18)11-10-21(27)13-23-14-21)24-19(26)9-8-15-4-1-2-5-15/h3,6-7,12,15,23,27H,1-2,4-5,8-11,13-14H2,(H,24,26). The molecule has 1 aromatic carbocycles. The number of aliphatic hydroxyl groups is 1. The van der Waals surface area contributed by atoms with Gasteiger partial charge in [-0.2, -0.15) is 0 Å². The molecule has 0 bridgehead atoms. The molecule has 1 aliphatic heterocycles. The van der Waals surface area contributed by atoms with E-state index in [1.807, 2.05) is 24.4 Å². The maximum absolute atomic E-state index is 12.5. The predicted molar refractivity (Wildman–Crippen MR) is 109 cm³/mol. The highest BCUT2D eigenvalue weighted by molar-refractivity contribution is 6.36. The summed E-state index contributed by atoms with van der Waals surface area (Å²) in [7, 11) is 0. The number of rotatable bonds is 7. The van der Waals surface area contributed by atoms with E-state index in [-0.39, 0.29) is 5.91 Å². The van der Waals surface area contributed by atoms with Gasteiger partial charge in [0.1, 0.15) is 0 Å². The van der Waals surface area contributed by atoms with Gasteiger partial charge in [0, 0.05) is 37.6 Å². The van der Waals surface area contributed by atoms with E-state index in [0.29, 0.717) is 43.4 Å². The summed E-state index contributed by atoms with van der Waals surface area (Å²) in [5.74, 6) is 0.764. The second-order valence-corrected chi connectivity index (χ2v) is 8.59. The summed E-state index contributed by atoms with van der Waals surface area (Å²) in [6.07, 6.45) is 9.29. The number of nitrogens with zero attached hydrogens (tertiary/aromatic N) is 1. The maximum Gasteiger partial charge on any atom is 0.224 e. The number of carbonyl (C=O) groups excluding carboxylic acids is 1. The molecule has 2 heterocycles. The molecule has 0 radical (unpaired) electrons. The summed E-state index contributed by atoms with van der Waals surface area (Å²) in [4.78, 5) is 12.5. The number of aryl methyl sites for hydroxylation is 1. The topological polar surface area (TPSA) is 66.3 Å². The van der Waals surface area contributed by atoms with Gasteiger partial charge in [-0.25, -0.2) is 0 Å². The van der Waals surface area contributed by atoms with Crippen LogP contribution < -0.4 is 10.6 Å². The largest absolute Gasteiger partial charge is 0.387 e. The summed E-state index contributed by atoms with van der Waals surface area (Å²) in [6, 6.07) is 5.79. The van der Waals surface area contributed by atoms with Crippen LogP contribution in [-0.2, 0) is 11.3 Å². The van der Waals surface area contributed by atoms with Crippen molar-refractivity contribution in [3.63, 3.8) is 0 Å². The molecule has 0 spiro atoms. The fourth-order valence-corrected chi connectivity index (χ4v) is 4.63. The minimum Gasteiger partial charge on any atom is -0.387 e. The normalized spacial score (nSPS) is 19.3. The van der Waals surface area contributed by atoms with Crippen molar-refractivity contribution in [3.05, 3.63) is 29.4 Å². The maximum atomic E-state index is 12.5. The van der Waals surface area contributed by atoms with Crippen molar-refractivity contribution >= 4 is 34.1 Å². The van der Waals surface area contributed by atoms with Crippen molar-refractivity contribution in [2.45, 2.75) is 57.1 Å². The van der Waals surface area contributed by atoms with Gasteiger partial charge in [-0.05, 0) is 30.9 Å². The summed E-state index contributed by atoms with van der Waals surface area (Å²) in [6.45, 7) is 1.96. The third-order valence-electron chi connectivity index (χ3n) is 6.11. The van der Waals surface area contributed by atoms with Gasteiger partial charge < -0.3 is 20.3 Å². The molecule has 0 atom stereocenters. The van der Waals surface area contributed by atoms with Crippen molar-refractivity contribution in [3.8, 4) is 0 Å². The highest BCUT2D eigenvalue weighted by atomic mass is 35.5. The molecule has 2 aromatic rings. The predicted octanol–water partition coefficient (Wildman–Crippen LogP) is 3.93. The molecule has 1 saturated heterocycles. The molecule has 4 rings (SSSR count). The SMILES string of the molecule is O=C(CCC1CCCC1)Nc1cn(CCC2(O)CNC2)c2cccc(Cl)c12. The number of benzene rings is 1. The number of aromatic nitrogens is 1. The van der Waals surface area contributed by atoms with Gasteiger partial charge >= 0.3 is 0 Å². The van der Waals surface area contributed by atoms with Crippen LogP contribution in [0.5, 0.6) is 0 Å². The third kappa shape index (κ3) is 4.15. The highest BCUT2D eigenvalue weighted by Gasteiger charge is 2.33. The van der Waals surface area contributed by atoms with Crippen LogP contribution in [0.1, 0.15) is 44.9 Å². The van der Waals surface area contributed by atoms with Crippen LogP contribution in [0.25, 0.3) is 10.9 Å². The van der Waals surface area contributed by atoms with Crippen molar-refractivity contribution in [2.75, 3.05) is 18.4 Å². The molecule has 6 heteroatoms. The molecule has 27 heavy (non-hydrogen) atoms. The van der Waals surface area contributed by atoms with Gasteiger partial charge in [-0.15, -0.1) is 0 Å². The summed E-state index contributed by atoms with van der Waals surface area (Å²) in [5.41, 5.74) is 1.13. The number of carbonyl (C=O) groups is 1.